The van der Waals surface area contributed by atoms with Crippen molar-refractivity contribution in [1.82, 2.24) is 0 Å². The van der Waals surface area contributed by atoms with Crippen LogP contribution >= 0.6 is 11.6 Å². The van der Waals surface area contributed by atoms with E-state index in [4.69, 9.17) is 16.3 Å². The van der Waals surface area contributed by atoms with Crippen LogP contribution in [0.5, 0.6) is 0 Å². The summed E-state index contributed by atoms with van der Waals surface area (Å²) in [6.45, 7) is 0. The van der Waals surface area contributed by atoms with E-state index in [-0.39, 0.29) is 18.3 Å². The summed E-state index contributed by atoms with van der Waals surface area (Å²) in [4.78, 5) is 0. The number of benzene rings is 2. The molecule has 3 atom stereocenters. The van der Waals surface area contributed by atoms with E-state index in [0.29, 0.717) is 17.9 Å². The summed E-state index contributed by atoms with van der Waals surface area (Å²) in [5.41, 5.74) is 2.18. The van der Waals surface area contributed by atoms with E-state index in [1.807, 2.05) is 54.6 Å². The Bertz CT molecular complexity index is 553. The molecule has 1 aliphatic heterocycles. The van der Waals surface area contributed by atoms with E-state index in [1.165, 1.54) is 0 Å². The largest absolute Gasteiger partial charge is 0.393 e. The van der Waals surface area contributed by atoms with Crippen molar-refractivity contribution in [2.75, 3.05) is 0 Å². The van der Waals surface area contributed by atoms with Crippen molar-refractivity contribution in [1.29, 1.82) is 0 Å². The van der Waals surface area contributed by atoms with Crippen molar-refractivity contribution in [3.05, 3.63) is 70.7 Å². The van der Waals surface area contributed by atoms with Crippen molar-refractivity contribution in [3.63, 3.8) is 0 Å². The molecule has 1 heterocycles. The Labute approximate surface area is 124 Å². The minimum Gasteiger partial charge on any atom is -0.393 e. The molecule has 3 heteroatoms. The topological polar surface area (TPSA) is 29.5 Å². The maximum absolute atomic E-state index is 10.1. The fourth-order valence-corrected chi connectivity index (χ4v) is 2.80. The molecule has 1 saturated heterocycles. The average Bonchev–Trinajstić information content (AvgIpc) is 2.48. The number of hydrogen-bond donors (Lipinski definition) is 1. The number of rotatable bonds is 2. The molecular formula is C17H17ClO2. The van der Waals surface area contributed by atoms with Crippen LogP contribution in [0.3, 0.4) is 0 Å². The molecule has 3 rings (SSSR count). The Morgan fingerprint density at radius 1 is 0.850 bits per heavy atom. The standard InChI is InChI=1S/C17H17ClO2/c18-14-8-6-13(7-9-14)17-11-15(19)10-16(20-17)12-4-2-1-3-5-12/h1-9,15-17,19H,10-11H2. The van der Waals surface area contributed by atoms with Crippen molar-refractivity contribution >= 4 is 11.6 Å². The van der Waals surface area contributed by atoms with Crippen LogP contribution in [0.2, 0.25) is 5.02 Å². The monoisotopic (exact) mass is 288 g/mol. The maximum Gasteiger partial charge on any atom is 0.0858 e. The van der Waals surface area contributed by atoms with E-state index in [2.05, 4.69) is 0 Å². The Morgan fingerprint density at radius 3 is 2.00 bits per heavy atom. The van der Waals surface area contributed by atoms with Gasteiger partial charge in [0, 0.05) is 17.9 Å². The molecule has 2 aromatic rings. The molecule has 1 fully saturated rings. The second-order valence-electron chi connectivity index (χ2n) is 5.20. The van der Waals surface area contributed by atoms with Crippen LogP contribution in [0.4, 0.5) is 0 Å². The van der Waals surface area contributed by atoms with E-state index < -0.39 is 0 Å². The summed E-state index contributed by atoms with van der Waals surface area (Å²) >= 11 is 5.91. The normalized spacial score (nSPS) is 26.4. The zero-order valence-electron chi connectivity index (χ0n) is 11.1. The summed E-state index contributed by atoms with van der Waals surface area (Å²) in [6.07, 6.45) is 0.801. The van der Waals surface area contributed by atoms with E-state index >= 15 is 0 Å². The smallest absolute Gasteiger partial charge is 0.0858 e. The molecule has 0 aromatic heterocycles. The first-order valence-electron chi connectivity index (χ1n) is 6.86. The minimum atomic E-state index is -0.338. The fraction of sp³-hybridized carbons (Fsp3) is 0.294. The third kappa shape index (κ3) is 3.04. The predicted molar refractivity (Wildman–Crippen MR) is 79.7 cm³/mol. The quantitative estimate of drug-likeness (QED) is 0.893. The van der Waals surface area contributed by atoms with Gasteiger partial charge in [-0.05, 0) is 23.3 Å². The van der Waals surface area contributed by atoms with Crippen molar-refractivity contribution < 1.29 is 9.84 Å². The lowest BCUT2D eigenvalue weighted by atomic mass is 9.93. The molecule has 2 nitrogen and oxygen atoms in total. The van der Waals surface area contributed by atoms with Crippen LogP contribution in [0.1, 0.15) is 36.2 Å². The Hall–Kier alpha value is -1.35. The van der Waals surface area contributed by atoms with Crippen LogP contribution in [-0.4, -0.2) is 11.2 Å². The molecule has 1 aliphatic rings. The molecular weight excluding hydrogens is 272 g/mol. The van der Waals surface area contributed by atoms with Crippen LogP contribution in [-0.2, 0) is 4.74 Å². The second-order valence-corrected chi connectivity index (χ2v) is 5.64. The maximum atomic E-state index is 10.1. The van der Waals surface area contributed by atoms with Gasteiger partial charge in [0.2, 0.25) is 0 Å². The third-order valence-corrected chi connectivity index (χ3v) is 3.97. The first-order chi connectivity index (χ1) is 9.72. The highest BCUT2D eigenvalue weighted by Crippen LogP contribution is 2.38. The van der Waals surface area contributed by atoms with Gasteiger partial charge in [0.1, 0.15) is 0 Å². The van der Waals surface area contributed by atoms with Gasteiger partial charge in [-0.3, -0.25) is 0 Å². The van der Waals surface area contributed by atoms with Crippen molar-refractivity contribution in [2.24, 2.45) is 0 Å². The minimum absolute atomic E-state index is 0.0550. The summed E-state index contributed by atoms with van der Waals surface area (Å²) in [7, 11) is 0. The van der Waals surface area contributed by atoms with Crippen LogP contribution < -0.4 is 0 Å². The Kier molecular flexibility index (Phi) is 4.06. The lowest BCUT2D eigenvalue weighted by Crippen LogP contribution is -2.26. The van der Waals surface area contributed by atoms with E-state index in [9.17, 15) is 5.11 Å². The molecule has 0 radical (unpaired) electrons. The van der Waals surface area contributed by atoms with Gasteiger partial charge >= 0.3 is 0 Å². The van der Waals surface area contributed by atoms with Gasteiger partial charge in [-0.15, -0.1) is 0 Å². The fourth-order valence-electron chi connectivity index (χ4n) is 2.67. The molecule has 3 unspecified atom stereocenters. The molecule has 0 amide bonds. The highest BCUT2D eigenvalue weighted by Gasteiger charge is 2.30. The molecule has 20 heavy (non-hydrogen) atoms. The van der Waals surface area contributed by atoms with Gasteiger partial charge < -0.3 is 9.84 Å². The highest BCUT2D eigenvalue weighted by atomic mass is 35.5. The molecule has 1 N–H and O–H groups in total. The van der Waals surface area contributed by atoms with E-state index in [0.717, 1.165) is 11.1 Å². The number of aliphatic hydroxyl groups excluding tert-OH is 1. The zero-order chi connectivity index (χ0) is 13.9. The molecule has 0 spiro atoms. The van der Waals surface area contributed by atoms with Crippen LogP contribution in [0.25, 0.3) is 0 Å². The van der Waals surface area contributed by atoms with Crippen LogP contribution in [0, 0.1) is 0 Å². The lowest BCUT2D eigenvalue weighted by molar-refractivity contribution is -0.0998. The SMILES string of the molecule is OC1CC(c2ccccc2)OC(c2ccc(Cl)cc2)C1. The van der Waals surface area contributed by atoms with Gasteiger partial charge in [-0.25, -0.2) is 0 Å². The van der Waals surface area contributed by atoms with Gasteiger partial charge in [-0.2, -0.15) is 0 Å². The first-order valence-corrected chi connectivity index (χ1v) is 7.24. The number of halogens is 1. The van der Waals surface area contributed by atoms with E-state index in [1.54, 1.807) is 0 Å². The first kappa shape index (κ1) is 13.6. The van der Waals surface area contributed by atoms with Gasteiger partial charge in [-0.1, -0.05) is 54.1 Å². The average molecular weight is 289 g/mol. The number of hydrogen-bond acceptors (Lipinski definition) is 2. The van der Waals surface area contributed by atoms with Gasteiger partial charge in [0.15, 0.2) is 0 Å². The van der Waals surface area contributed by atoms with Gasteiger partial charge in [0.05, 0.1) is 18.3 Å². The third-order valence-electron chi connectivity index (χ3n) is 3.71. The summed E-state index contributed by atoms with van der Waals surface area (Å²) in [5, 5.41) is 10.8. The second kappa shape index (κ2) is 5.96. The summed E-state index contributed by atoms with van der Waals surface area (Å²) in [6, 6.07) is 17.7. The molecule has 0 aliphatic carbocycles. The number of aliphatic hydroxyl groups is 1. The Balaban J connectivity index is 1.81. The lowest BCUT2D eigenvalue weighted by Gasteiger charge is -2.33. The number of ether oxygens (including phenoxy) is 1. The van der Waals surface area contributed by atoms with Crippen molar-refractivity contribution in [3.8, 4) is 0 Å². The van der Waals surface area contributed by atoms with Crippen LogP contribution in [0.15, 0.2) is 54.6 Å². The summed E-state index contributed by atoms with van der Waals surface area (Å²) in [5.74, 6) is 0. The van der Waals surface area contributed by atoms with Crippen molar-refractivity contribution in [2.45, 2.75) is 31.2 Å². The molecule has 104 valence electrons. The molecule has 2 aromatic carbocycles. The molecule has 0 bridgehead atoms. The molecule has 0 saturated carbocycles. The predicted octanol–water partition coefficient (Wildman–Crippen LogP) is 4.29. The van der Waals surface area contributed by atoms with Gasteiger partial charge in [0.25, 0.3) is 0 Å². The Morgan fingerprint density at radius 2 is 1.40 bits per heavy atom. The highest BCUT2D eigenvalue weighted by molar-refractivity contribution is 6.30. The summed E-state index contributed by atoms with van der Waals surface area (Å²) < 4.78 is 6.17. The zero-order valence-corrected chi connectivity index (χ0v) is 11.8.